The van der Waals surface area contributed by atoms with E-state index in [9.17, 15) is 20.2 Å². The Morgan fingerprint density at radius 2 is 1.71 bits per heavy atom. The van der Waals surface area contributed by atoms with E-state index < -0.39 is 15.5 Å². The van der Waals surface area contributed by atoms with E-state index in [0.29, 0.717) is 5.75 Å². The second-order valence-corrected chi connectivity index (χ2v) is 5.32. The molecule has 0 aliphatic carbocycles. The number of para-hydroxylation sites is 2. The van der Waals surface area contributed by atoms with Gasteiger partial charge in [0.05, 0.1) is 17.0 Å². The molecule has 0 saturated heterocycles. The van der Waals surface area contributed by atoms with Gasteiger partial charge in [-0.1, -0.05) is 18.2 Å². The molecule has 142 valence electrons. The predicted molar refractivity (Wildman–Crippen MR) is 98.1 cm³/mol. The summed E-state index contributed by atoms with van der Waals surface area (Å²) < 4.78 is 10.7. The summed E-state index contributed by atoms with van der Waals surface area (Å²) in [6.45, 7) is 0. The molecular weight excluding hydrogens is 370 g/mol. The standard InChI is InChI=1S/C17H13N5O6/c1-27-13-7-2-3-8-14(13)28-17-15(22(25)26)16(18-10-19-17)20-11-5-4-6-12(9-11)21(23)24/h2-10H,1H3,(H,18,19,20). The highest BCUT2D eigenvalue weighted by Gasteiger charge is 2.26. The zero-order valence-electron chi connectivity index (χ0n) is 14.4. The molecule has 11 nitrogen and oxygen atoms in total. The lowest BCUT2D eigenvalue weighted by molar-refractivity contribution is -0.385. The number of hydrogen-bond acceptors (Lipinski definition) is 9. The number of nitro groups is 2. The minimum Gasteiger partial charge on any atom is -0.493 e. The summed E-state index contributed by atoms with van der Waals surface area (Å²) in [5, 5.41) is 25.2. The molecule has 0 unspecified atom stereocenters. The van der Waals surface area contributed by atoms with Crippen molar-refractivity contribution in [2.24, 2.45) is 0 Å². The topological polar surface area (TPSA) is 143 Å². The van der Waals surface area contributed by atoms with Gasteiger partial charge in [-0.15, -0.1) is 0 Å². The minimum absolute atomic E-state index is 0.174. The van der Waals surface area contributed by atoms with Crippen molar-refractivity contribution in [2.75, 3.05) is 12.4 Å². The van der Waals surface area contributed by atoms with E-state index in [0.717, 1.165) is 6.33 Å². The summed E-state index contributed by atoms with van der Waals surface area (Å²) in [5.41, 5.74) is -0.452. The van der Waals surface area contributed by atoms with Crippen LogP contribution in [0.3, 0.4) is 0 Å². The molecule has 0 fully saturated rings. The first-order chi connectivity index (χ1) is 13.5. The summed E-state index contributed by atoms with van der Waals surface area (Å²) in [5.74, 6) is 0.111. The number of ether oxygens (including phenoxy) is 2. The van der Waals surface area contributed by atoms with Crippen molar-refractivity contribution < 1.29 is 19.3 Å². The van der Waals surface area contributed by atoms with Crippen LogP contribution in [0.5, 0.6) is 17.4 Å². The van der Waals surface area contributed by atoms with Gasteiger partial charge in [-0.25, -0.2) is 4.98 Å². The summed E-state index contributed by atoms with van der Waals surface area (Å²) in [4.78, 5) is 29.0. The van der Waals surface area contributed by atoms with Crippen LogP contribution >= 0.6 is 0 Å². The molecule has 0 aliphatic rings. The molecule has 0 spiro atoms. The van der Waals surface area contributed by atoms with Crippen LogP contribution in [0.2, 0.25) is 0 Å². The Morgan fingerprint density at radius 1 is 0.964 bits per heavy atom. The molecule has 11 heteroatoms. The molecule has 28 heavy (non-hydrogen) atoms. The van der Waals surface area contributed by atoms with E-state index in [2.05, 4.69) is 15.3 Å². The number of methoxy groups -OCH3 is 1. The molecule has 1 aromatic heterocycles. The number of hydrogen-bond donors (Lipinski definition) is 1. The highest BCUT2D eigenvalue weighted by molar-refractivity contribution is 5.70. The van der Waals surface area contributed by atoms with Crippen LogP contribution in [0.1, 0.15) is 0 Å². The first-order valence-electron chi connectivity index (χ1n) is 7.81. The minimum atomic E-state index is -0.704. The molecule has 3 rings (SSSR count). The van der Waals surface area contributed by atoms with Crippen LogP contribution in [-0.2, 0) is 0 Å². The molecule has 3 aromatic rings. The Kier molecular flexibility index (Phi) is 5.25. The average molecular weight is 383 g/mol. The first kappa shape index (κ1) is 18.5. The average Bonchev–Trinajstić information content (AvgIpc) is 2.68. The van der Waals surface area contributed by atoms with Crippen molar-refractivity contribution >= 4 is 22.9 Å². The van der Waals surface area contributed by atoms with Gasteiger partial charge in [0.15, 0.2) is 11.5 Å². The normalized spacial score (nSPS) is 10.2. The number of nitrogens with one attached hydrogen (secondary N) is 1. The molecule has 2 aromatic carbocycles. The maximum absolute atomic E-state index is 11.6. The SMILES string of the molecule is COc1ccccc1Oc1ncnc(Nc2cccc([N+](=O)[O-])c2)c1[N+](=O)[O-]. The Bertz CT molecular complexity index is 1040. The molecule has 0 amide bonds. The third-order valence-electron chi connectivity index (χ3n) is 3.57. The number of non-ortho nitro benzene ring substituents is 1. The van der Waals surface area contributed by atoms with E-state index in [4.69, 9.17) is 9.47 Å². The van der Waals surface area contributed by atoms with Crippen LogP contribution in [0.15, 0.2) is 54.9 Å². The maximum Gasteiger partial charge on any atom is 0.373 e. The van der Waals surface area contributed by atoms with Gasteiger partial charge in [-0.2, -0.15) is 4.98 Å². The fourth-order valence-electron chi connectivity index (χ4n) is 2.33. The summed E-state index contributed by atoms with van der Waals surface area (Å²) in [6.07, 6.45) is 1.08. The second-order valence-electron chi connectivity index (χ2n) is 5.32. The molecule has 1 heterocycles. The van der Waals surface area contributed by atoms with Crippen molar-refractivity contribution in [3.63, 3.8) is 0 Å². The highest BCUT2D eigenvalue weighted by atomic mass is 16.6. The Hall–Kier alpha value is -4.28. The van der Waals surface area contributed by atoms with Gasteiger partial charge in [0.2, 0.25) is 5.82 Å². The quantitative estimate of drug-likeness (QED) is 0.475. The number of benzene rings is 2. The number of nitrogens with zero attached hydrogens (tertiary/aromatic N) is 4. The fourth-order valence-corrected chi connectivity index (χ4v) is 2.33. The van der Waals surface area contributed by atoms with E-state index >= 15 is 0 Å². The molecular formula is C17H13N5O6. The van der Waals surface area contributed by atoms with Gasteiger partial charge < -0.3 is 14.8 Å². The number of aromatic nitrogens is 2. The third-order valence-corrected chi connectivity index (χ3v) is 3.57. The molecule has 1 N–H and O–H groups in total. The van der Waals surface area contributed by atoms with E-state index in [-0.39, 0.29) is 28.8 Å². The fraction of sp³-hybridized carbons (Fsp3) is 0.0588. The third kappa shape index (κ3) is 3.93. The summed E-state index contributed by atoms with van der Waals surface area (Å²) in [6, 6.07) is 12.1. The zero-order chi connectivity index (χ0) is 20.1. The van der Waals surface area contributed by atoms with Crippen molar-refractivity contribution in [1.82, 2.24) is 9.97 Å². The van der Waals surface area contributed by atoms with Crippen molar-refractivity contribution in [2.45, 2.75) is 0 Å². The Labute approximate surface area is 157 Å². The number of rotatable bonds is 7. The van der Waals surface area contributed by atoms with Gasteiger partial charge in [-0.3, -0.25) is 20.2 Å². The van der Waals surface area contributed by atoms with Crippen LogP contribution in [-0.4, -0.2) is 26.9 Å². The van der Waals surface area contributed by atoms with Crippen LogP contribution in [0.25, 0.3) is 0 Å². The lowest BCUT2D eigenvalue weighted by atomic mass is 10.3. The molecule has 0 radical (unpaired) electrons. The van der Waals surface area contributed by atoms with E-state index in [1.54, 1.807) is 24.3 Å². The van der Waals surface area contributed by atoms with Crippen LogP contribution in [0.4, 0.5) is 22.9 Å². The Balaban J connectivity index is 1.99. The summed E-state index contributed by atoms with van der Waals surface area (Å²) in [7, 11) is 1.44. The first-order valence-corrected chi connectivity index (χ1v) is 7.81. The number of anilines is 2. The lowest BCUT2D eigenvalue weighted by Crippen LogP contribution is -2.04. The van der Waals surface area contributed by atoms with Gasteiger partial charge in [-0.05, 0) is 18.2 Å². The lowest BCUT2D eigenvalue weighted by Gasteiger charge is -2.11. The van der Waals surface area contributed by atoms with Gasteiger partial charge in [0.1, 0.15) is 6.33 Å². The largest absolute Gasteiger partial charge is 0.493 e. The molecule has 0 aliphatic heterocycles. The predicted octanol–water partition coefficient (Wildman–Crippen LogP) is 3.84. The van der Waals surface area contributed by atoms with Gasteiger partial charge in [0.25, 0.3) is 5.69 Å². The van der Waals surface area contributed by atoms with Crippen LogP contribution < -0.4 is 14.8 Å². The highest BCUT2D eigenvalue weighted by Crippen LogP contribution is 2.38. The van der Waals surface area contributed by atoms with Crippen molar-refractivity contribution in [3.8, 4) is 17.4 Å². The Morgan fingerprint density at radius 3 is 2.39 bits per heavy atom. The van der Waals surface area contributed by atoms with E-state index in [1.807, 2.05) is 0 Å². The van der Waals surface area contributed by atoms with E-state index in [1.165, 1.54) is 31.4 Å². The zero-order valence-corrected chi connectivity index (χ0v) is 14.4. The maximum atomic E-state index is 11.6. The van der Waals surface area contributed by atoms with Crippen LogP contribution in [0, 0.1) is 20.2 Å². The monoisotopic (exact) mass is 383 g/mol. The molecule has 0 saturated carbocycles. The van der Waals surface area contributed by atoms with Gasteiger partial charge >= 0.3 is 11.6 Å². The molecule has 0 atom stereocenters. The smallest absolute Gasteiger partial charge is 0.373 e. The number of nitro benzene ring substituents is 1. The van der Waals surface area contributed by atoms with Gasteiger partial charge in [0, 0.05) is 17.8 Å². The molecule has 0 bridgehead atoms. The van der Waals surface area contributed by atoms with Crippen molar-refractivity contribution in [3.05, 3.63) is 75.1 Å². The van der Waals surface area contributed by atoms with Crippen molar-refractivity contribution in [1.29, 1.82) is 0 Å². The second kappa shape index (κ2) is 7.95. The summed E-state index contributed by atoms with van der Waals surface area (Å²) >= 11 is 0.